The molecule has 0 radical (unpaired) electrons. The molecule has 1 amide bonds. The zero-order valence-corrected chi connectivity index (χ0v) is 10.6. The molecule has 1 saturated heterocycles. The Morgan fingerprint density at radius 2 is 1.95 bits per heavy atom. The number of benzene rings is 1. The number of hydrogen-bond acceptors (Lipinski definition) is 3. The van der Waals surface area contributed by atoms with Gasteiger partial charge in [0.2, 0.25) is 5.91 Å². The highest BCUT2D eigenvalue weighted by Crippen LogP contribution is 2.35. The normalized spacial score (nSPS) is 18.5. The molecule has 0 bridgehead atoms. The Labute approximate surface area is 110 Å². The number of rotatable bonds is 4. The van der Waals surface area contributed by atoms with Crippen LogP contribution in [-0.2, 0) is 19.9 Å². The molecule has 1 aromatic rings. The summed E-state index contributed by atoms with van der Waals surface area (Å²) in [7, 11) is 0. The molecule has 0 saturated carbocycles. The molecule has 1 unspecified atom stereocenters. The molecule has 1 N–H and O–H groups in total. The molecule has 0 aromatic heterocycles. The van der Waals surface area contributed by atoms with Gasteiger partial charge in [0.15, 0.2) is 11.3 Å². The van der Waals surface area contributed by atoms with Crippen molar-refractivity contribution in [2.75, 3.05) is 6.54 Å². The molecule has 1 atom stereocenters. The number of nitrogens with zero attached hydrogens (tertiary/aromatic N) is 1. The van der Waals surface area contributed by atoms with Crippen molar-refractivity contribution in [2.45, 2.75) is 25.3 Å². The number of carbonyl (C=O) groups excluding carboxylic acids is 2. The first-order valence-corrected chi connectivity index (χ1v) is 6.13. The van der Waals surface area contributed by atoms with E-state index in [1.807, 2.05) is 0 Å². The summed E-state index contributed by atoms with van der Waals surface area (Å²) >= 11 is 0. The third-order valence-electron chi connectivity index (χ3n) is 3.56. The smallest absolute Gasteiger partial charge is 0.334 e. The van der Waals surface area contributed by atoms with E-state index in [-0.39, 0.29) is 25.2 Å². The molecule has 1 aliphatic rings. The van der Waals surface area contributed by atoms with E-state index in [9.17, 15) is 19.5 Å². The Kier molecular flexibility index (Phi) is 3.38. The number of carbonyl (C=O) groups is 3. The molecule has 1 heterocycles. The highest BCUT2D eigenvalue weighted by molar-refractivity contribution is 6.07. The van der Waals surface area contributed by atoms with Gasteiger partial charge in [0, 0.05) is 0 Å². The molecule has 100 valence electrons. The van der Waals surface area contributed by atoms with Gasteiger partial charge in [0.05, 0.1) is 13.0 Å². The summed E-state index contributed by atoms with van der Waals surface area (Å²) < 4.78 is 0. The second-order valence-electron chi connectivity index (χ2n) is 4.58. The number of ketones is 1. The first-order valence-electron chi connectivity index (χ1n) is 6.13. The number of carboxylic acid groups (broad SMARTS) is 1. The van der Waals surface area contributed by atoms with Gasteiger partial charge in [-0.15, -0.1) is 0 Å². The van der Waals surface area contributed by atoms with Crippen molar-refractivity contribution in [2.24, 2.45) is 0 Å². The van der Waals surface area contributed by atoms with E-state index in [1.54, 1.807) is 37.3 Å². The van der Waals surface area contributed by atoms with Gasteiger partial charge in [-0.25, -0.2) is 4.79 Å². The molecule has 19 heavy (non-hydrogen) atoms. The van der Waals surface area contributed by atoms with Gasteiger partial charge in [-0.2, -0.15) is 0 Å². The first kappa shape index (κ1) is 13.3. The lowest BCUT2D eigenvalue weighted by Crippen LogP contribution is -2.52. The molecule has 1 aliphatic heterocycles. The van der Waals surface area contributed by atoms with Crippen LogP contribution in [0, 0.1) is 0 Å². The number of Topliss-reactive ketones (excluding diaryl/α,β-unsaturated/α-hetero) is 1. The molecule has 1 aromatic carbocycles. The van der Waals surface area contributed by atoms with Crippen molar-refractivity contribution in [1.29, 1.82) is 0 Å². The molecule has 2 rings (SSSR count). The Morgan fingerprint density at radius 1 is 1.32 bits per heavy atom. The maximum atomic E-state index is 11.9. The minimum absolute atomic E-state index is 0.131. The highest BCUT2D eigenvalue weighted by Gasteiger charge is 2.50. The topological polar surface area (TPSA) is 74.7 Å². The standard InChI is InChI=1S/C14H15NO4/c1-2-14(13(18)19,10-6-4-3-5-7-10)15-9-11(16)8-12(15)17/h3-7H,2,8-9H2,1H3,(H,18,19). The molecule has 5 heteroatoms. The predicted octanol–water partition coefficient (Wildman–Crippen LogP) is 1.18. The minimum atomic E-state index is -1.45. The van der Waals surface area contributed by atoms with E-state index < -0.39 is 17.4 Å². The lowest BCUT2D eigenvalue weighted by Gasteiger charge is -2.37. The van der Waals surface area contributed by atoms with Crippen LogP contribution in [-0.4, -0.2) is 34.2 Å². The Hall–Kier alpha value is -2.17. The van der Waals surface area contributed by atoms with Crippen molar-refractivity contribution in [1.82, 2.24) is 4.90 Å². The summed E-state index contributed by atoms with van der Waals surface area (Å²) in [6.45, 7) is 1.57. The second kappa shape index (κ2) is 4.84. The summed E-state index contributed by atoms with van der Waals surface area (Å²) in [6, 6.07) is 8.58. The highest BCUT2D eigenvalue weighted by atomic mass is 16.4. The Balaban J connectivity index is 2.55. The Morgan fingerprint density at radius 3 is 2.37 bits per heavy atom. The quantitative estimate of drug-likeness (QED) is 0.826. The predicted molar refractivity (Wildman–Crippen MR) is 67.4 cm³/mol. The van der Waals surface area contributed by atoms with Gasteiger partial charge in [0.1, 0.15) is 0 Å². The van der Waals surface area contributed by atoms with Crippen LogP contribution in [0.3, 0.4) is 0 Å². The van der Waals surface area contributed by atoms with Crippen LogP contribution in [0.1, 0.15) is 25.3 Å². The van der Waals surface area contributed by atoms with Crippen molar-refractivity contribution < 1.29 is 19.5 Å². The molecule has 5 nitrogen and oxygen atoms in total. The van der Waals surface area contributed by atoms with E-state index in [4.69, 9.17) is 0 Å². The second-order valence-corrected chi connectivity index (χ2v) is 4.58. The number of amides is 1. The van der Waals surface area contributed by atoms with Crippen LogP contribution < -0.4 is 0 Å². The zero-order valence-electron chi connectivity index (χ0n) is 10.6. The summed E-state index contributed by atoms with van der Waals surface area (Å²) in [4.78, 5) is 36.3. The third-order valence-corrected chi connectivity index (χ3v) is 3.56. The number of carboxylic acids is 1. The van der Waals surface area contributed by atoms with Gasteiger partial charge in [-0.05, 0) is 12.0 Å². The van der Waals surface area contributed by atoms with Gasteiger partial charge in [-0.3, -0.25) is 9.59 Å². The average molecular weight is 261 g/mol. The van der Waals surface area contributed by atoms with Crippen LogP contribution >= 0.6 is 0 Å². The maximum absolute atomic E-state index is 11.9. The van der Waals surface area contributed by atoms with Crippen molar-refractivity contribution >= 4 is 17.7 Å². The van der Waals surface area contributed by atoms with Crippen molar-refractivity contribution in [3.8, 4) is 0 Å². The number of aliphatic carboxylic acids is 1. The van der Waals surface area contributed by atoms with Crippen LogP contribution in [0.2, 0.25) is 0 Å². The van der Waals surface area contributed by atoms with E-state index in [1.165, 1.54) is 4.90 Å². The first-order chi connectivity index (χ1) is 9.02. The van der Waals surface area contributed by atoms with Crippen molar-refractivity contribution in [3.63, 3.8) is 0 Å². The lowest BCUT2D eigenvalue weighted by molar-refractivity contribution is -0.158. The third kappa shape index (κ3) is 2.01. The number of hydrogen-bond donors (Lipinski definition) is 1. The fraction of sp³-hybridized carbons (Fsp3) is 0.357. The van der Waals surface area contributed by atoms with Crippen molar-refractivity contribution in [3.05, 3.63) is 35.9 Å². The molecular formula is C14H15NO4. The van der Waals surface area contributed by atoms with E-state index >= 15 is 0 Å². The Bertz CT molecular complexity index is 526. The molecule has 0 spiro atoms. The van der Waals surface area contributed by atoms with E-state index in [0.717, 1.165) is 0 Å². The summed E-state index contributed by atoms with van der Waals surface area (Å²) in [5, 5.41) is 9.64. The van der Waals surface area contributed by atoms with Gasteiger partial charge in [-0.1, -0.05) is 37.3 Å². The average Bonchev–Trinajstić information content (AvgIpc) is 2.72. The van der Waals surface area contributed by atoms with Crippen LogP contribution in [0.4, 0.5) is 0 Å². The zero-order chi connectivity index (χ0) is 14.0. The van der Waals surface area contributed by atoms with Crippen LogP contribution in [0.5, 0.6) is 0 Å². The SMILES string of the molecule is CCC(C(=O)O)(c1ccccc1)N1CC(=O)CC1=O. The monoisotopic (exact) mass is 261 g/mol. The summed E-state index contributed by atoms with van der Waals surface area (Å²) in [5.74, 6) is -1.76. The van der Waals surface area contributed by atoms with Crippen LogP contribution in [0.25, 0.3) is 0 Å². The van der Waals surface area contributed by atoms with E-state index in [2.05, 4.69) is 0 Å². The fourth-order valence-electron chi connectivity index (χ4n) is 2.59. The number of likely N-dealkylation sites (tertiary alicyclic amines) is 1. The maximum Gasteiger partial charge on any atom is 0.334 e. The fourth-order valence-corrected chi connectivity index (χ4v) is 2.59. The summed E-state index contributed by atoms with van der Waals surface area (Å²) in [5.41, 5.74) is -0.933. The minimum Gasteiger partial charge on any atom is -0.479 e. The van der Waals surface area contributed by atoms with Gasteiger partial charge < -0.3 is 10.0 Å². The van der Waals surface area contributed by atoms with Gasteiger partial charge >= 0.3 is 5.97 Å². The molecular weight excluding hydrogens is 246 g/mol. The molecule has 0 aliphatic carbocycles. The largest absolute Gasteiger partial charge is 0.479 e. The van der Waals surface area contributed by atoms with Crippen LogP contribution in [0.15, 0.2) is 30.3 Å². The molecule has 1 fully saturated rings. The van der Waals surface area contributed by atoms with E-state index in [0.29, 0.717) is 5.56 Å². The lowest BCUT2D eigenvalue weighted by atomic mass is 9.85. The van der Waals surface area contributed by atoms with Gasteiger partial charge in [0.25, 0.3) is 0 Å². The summed E-state index contributed by atoms with van der Waals surface area (Å²) in [6.07, 6.45) is 0.00717.